The van der Waals surface area contributed by atoms with Crippen molar-refractivity contribution in [2.75, 3.05) is 10.2 Å². The first-order chi connectivity index (χ1) is 15.8. The third-order valence-electron chi connectivity index (χ3n) is 5.56. The third-order valence-corrected chi connectivity index (χ3v) is 5.56. The highest BCUT2D eigenvalue weighted by Gasteiger charge is 2.47. The summed E-state index contributed by atoms with van der Waals surface area (Å²) in [5.74, 6) is -2.02. The van der Waals surface area contributed by atoms with Crippen LogP contribution >= 0.6 is 0 Å². The van der Waals surface area contributed by atoms with Gasteiger partial charge in [0, 0.05) is 36.3 Å². The first-order valence-corrected chi connectivity index (χ1v) is 10.4. The summed E-state index contributed by atoms with van der Waals surface area (Å²) < 4.78 is 0. The molecular formula is C26H23N3O4. The van der Waals surface area contributed by atoms with Crippen molar-refractivity contribution in [3.63, 3.8) is 0 Å². The molecule has 0 aliphatic carbocycles. The van der Waals surface area contributed by atoms with Crippen molar-refractivity contribution in [1.29, 1.82) is 0 Å². The van der Waals surface area contributed by atoms with E-state index in [9.17, 15) is 19.5 Å². The Hall–Kier alpha value is -4.26. The number of nitrogens with zero attached hydrogens (tertiary/aromatic N) is 2. The van der Waals surface area contributed by atoms with Crippen LogP contribution in [0.1, 0.15) is 35.2 Å². The van der Waals surface area contributed by atoms with Crippen LogP contribution in [0.3, 0.4) is 0 Å². The summed E-state index contributed by atoms with van der Waals surface area (Å²) in [4.78, 5) is 43.4. The summed E-state index contributed by atoms with van der Waals surface area (Å²) in [6.45, 7) is 5.12. The molecule has 0 spiro atoms. The van der Waals surface area contributed by atoms with Crippen molar-refractivity contribution < 1.29 is 19.5 Å². The summed E-state index contributed by atoms with van der Waals surface area (Å²) in [6.07, 6.45) is 3.14. The summed E-state index contributed by atoms with van der Waals surface area (Å²) in [5.41, 5.74) is 3.74. The van der Waals surface area contributed by atoms with Gasteiger partial charge in [0.05, 0.1) is 11.6 Å². The van der Waals surface area contributed by atoms with E-state index < -0.39 is 17.7 Å². The maximum absolute atomic E-state index is 13.3. The molecule has 3 aromatic rings. The molecule has 1 aliphatic rings. The van der Waals surface area contributed by atoms with E-state index in [0.29, 0.717) is 22.5 Å². The molecule has 7 nitrogen and oxygen atoms in total. The minimum absolute atomic E-state index is 0.00447. The first-order valence-electron chi connectivity index (χ1n) is 10.4. The Morgan fingerprint density at radius 2 is 1.76 bits per heavy atom. The number of hydrogen-bond donors (Lipinski definition) is 2. The van der Waals surface area contributed by atoms with Crippen molar-refractivity contribution in [2.45, 2.75) is 26.8 Å². The number of aromatic nitrogens is 1. The highest BCUT2D eigenvalue weighted by atomic mass is 16.3. The molecule has 2 aromatic carbocycles. The Morgan fingerprint density at radius 3 is 2.45 bits per heavy atom. The normalized spacial score (nSPS) is 17.3. The Morgan fingerprint density at radius 1 is 1.03 bits per heavy atom. The van der Waals surface area contributed by atoms with E-state index in [4.69, 9.17) is 0 Å². The van der Waals surface area contributed by atoms with Crippen LogP contribution in [0.25, 0.3) is 5.76 Å². The number of carbonyl (C=O) groups excluding carboxylic acids is 3. The summed E-state index contributed by atoms with van der Waals surface area (Å²) in [6, 6.07) is 14.8. The third kappa shape index (κ3) is 4.13. The zero-order chi connectivity index (χ0) is 23.7. The average molecular weight is 441 g/mol. The number of benzene rings is 2. The Kier molecular flexibility index (Phi) is 5.79. The minimum Gasteiger partial charge on any atom is -0.507 e. The van der Waals surface area contributed by atoms with Gasteiger partial charge >= 0.3 is 0 Å². The largest absolute Gasteiger partial charge is 0.507 e. The van der Waals surface area contributed by atoms with Gasteiger partial charge in [-0.2, -0.15) is 0 Å². The number of pyridine rings is 1. The fourth-order valence-electron chi connectivity index (χ4n) is 4.03. The highest BCUT2D eigenvalue weighted by molar-refractivity contribution is 6.51. The second-order valence-electron chi connectivity index (χ2n) is 8.00. The van der Waals surface area contributed by atoms with E-state index >= 15 is 0 Å². The summed E-state index contributed by atoms with van der Waals surface area (Å²) in [5, 5.41) is 14.0. The molecule has 166 valence electrons. The standard InChI is InChI=1S/C26H23N3O4/c1-15-7-8-16(2)21(13-15)24(31)22-23(18-9-11-27-12-10-18)29(26(33)25(22)32)20-6-4-5-19(14-20)28-17(3)30/h4-14,23,31H,1-3H3,(H,28,30)/b24-22+. The highest BCUT2D eigenvalue weighted by Crippen LogP contribution is 2.42. The lowest BCUT2D eigenvalue weighted by Gasteiger charge is -2.26. The SMILES string of the molecule is CC(=O)Nc1cccc(N2C(=O)C(=O)/C(=C(/O)c3cc(C)ccc3C)C2c2ccncc2)c1. The van der Waals surface area contributed by atoms with E-state index in [1.165, 1.54) is 11.8 Å². The van der Waals surface area contributed by atoms with Gasteiger partial charge in [-0.3, -0.25) is 24.3 Å². The molecule has 1 atom stereocenters. The average Bonchev–Trinajstić information content (AvgIpc) is 3.06. The number of carbonyl (C=O) groups is 3. The topological polar surface area (TPSA) is 99.6 Å². The van der Waals surface area contributed by atoms with Gasteiger partial charge in [-0.25, -0.2) is 0 Å². The van der Waals surface area contributed by atoms with Crippen LogP contribution in [0.2, 0.25) is 0 Å². The second kappa shape index (κ2) is 8.70. The lowest BCUT2D eigenvalue weighted by molar-refractivity contribution is -0.132. The van der Waals surface area contributed by atoms with Gasteiger partial charge in [0.2, 0.25) is 5.91 Å². The number of Topliss-reactive ketones (excluding diaryl/α,β-unsaturated/α-hetero) is 1. The number of rotatable bonds is 4. The van der Waals surface area contributed by atoms with E-state index in [2.05, 4.69) is 10.3 Å². The predicted molar refractivity (Wildman–Crippen MR) is 126 cm³/mol. The van der Waals surface area contributed by atoms with Crippen LogP contribution in [0, 0.1) is 13.8 Å². The zero-order valence-electron chi connectivity index (χ0n) is 18.5. The predicted octanol–water partition coefficient (Wildman–Crippen LogP) is 4.28. The van der Waals surface area contributed by atoms with Crippen molar-refractivity contribution in [1.82, 2.24) is 4.98 Å². The Labute approximate surface area is 191 Å². The number of nitrogens with one attached hydrogen (secondary N) is 1. The molecule has 4 rings (SSSR count). The molecule has 1 aliphatic heterocycles. The molecule has 0 bridgehead atoms. The molecule has 1 aromatic heterocycles. The molecule has 1 fully saturated rings. The molecule has 2 heterocycles. The molecule has 1 unspecified atom stereocenters. The van der Waals surface area contributed by atoms with Crippen LogP contribution < -0.4 is 10.2 Å². The van der Waals surface area contributed by atoms with Crippen molar-refractivity contribution in [3.05, 3.63) is 94.8 Å². The molecule has 2 N–H and O–H groups in total. The molecule has 33 heavy (non-hydrogen) atoms. The number of aliphatic hydroxyl groups is 1. The smallest absolute Gasteiger partial charge is 0.300 e. The number of amides is 2. The first kappa shape index (κ1) is 22.0. The van der Waals surface area contributed by atoms with Crippen LogP contribution in [-0.4, -0.2) is 27.7 Å². The zero-order valence-corrected chi connectivity index (χ0v) is 18.5. The van der Waals surface area contributed by atoms with Crippen LogP contribution in [0.4, 0.5) is 11.4 Å². The van der Waals surface area contributed by atoms with Crippen molar-refractivity contribution >= 4 is 34.7 Å². The van der Waals surface area contributed by atoms with Gasteiger partial charge in [-0.15, -0.1) is 0 Å². The maximum atomic E-state index is 13.3. The van der Waals surface area contributed by atoms with Crippen LogP contribution in [0.5, 0.6) is 0 Å². The van der Waals surface area contributed by atoms with Gasteiger partial charge in [-0.05, 0) is 61.4 Å². The van der Waals surface area contributed by atoms with E-state index in [0.717, 1.165) is 11.1 Å². The van der Waals surface area contributed by atoms with Crippen LogP contribution in [0.15, 0.2) is 72.6 Å². The Balaban J connectivity index is 1.94. The van der Waals surface area contributed by atoms with Gasteiger partial charge < -0.3 is 10.4 Å². The lowest BCUT2D eigenvalue weighted by Crippen LogP contribution is -2.29. The number of aryl methyl sites for hydroxylation is 2. The molecule has 7 heteroatoms. The fraction of sp³-hybridized carbons (Fsp3) is 0.154. The molecule has 0 radical (unpaired) electrons. The van der Waals surface area contributed by atoms with Gasteiger partial charge in [0.25, 0.3) is 11.7 Å². The van der Waals surface area contributed by atoms with Crippen LogP contribution in [-0.2, 0) is 14.4 Å². The summed E-state index contributed by atoms with van der Waals surface area (Å²) in [7, 11) is 0. The van der Waals surface area contributed by atoms with Gasteiger partial charge in [0.15, 0.2) is 0 Å². The van der Waals surface area contributed by atoms with E-state index in [1.807, 2.05) is 26.0 Å². The molecular weight excluding hydrogens is 418 g/mol. The van der Waals surface area contributed by atoms with E-state index in [1.54, 1.807) is 54.9 Å². The number of aliphatic hydroxyl groups excluding tert-OH is 1. The second-order valence-corrected chi connectivity index (χ2v) is 8.00. The Bertz CT molecular complexity index is 1300. The van der Waals surface area contributed by atoms with Gasteiger partial charge in [0.1, 0.15) is 5.76 Å². The van der Waals surface area contributed by atoms with Crippen molar-refractivity contribution in [2.24, 2.45) is 0 Å². The number of anilines is 2. The van der Waals surface area contributed by atoms with E-state index in [-0.39, 0.29) is 17.2 Å². The van der Waals surface area contributed by atoms with Crippen molar-refractivity contribution in [3.8, 4) is 0 Å². The number of ketones is 1. The maximum Gasteiger partial charge on any atom is 0.300 e. The van der Waals surface area contributed by atoms with Gasteiger partial charge in [-0.1, -0.05) is 23.8 Å². The quantitative estimate of drug-likeness (QED) is 0.358. The monoisotopic (exact) mass is 441 g/mol. The molecule has 0 saturated carbocycles. The lowest BCUT2D eigenvalue weighted by atomic mass is 9.93. The molecule has 1 saturated heterocycles. The summed E-state index contributed by atoms with van der Waals surface area (Å²) >= 11 is 0. The fourth-order valence-corrected chi connectivity index (χ4v) is 4.03. The number of hydrogen-bond acceptors (Lipinski definition) is 5. The minimum atomic E-state index is -0.861. The molecule has 2 amide bonds.